The average molecular weight is 1170 g/mol. The van der Waals surface area contributed by atoms with Crippen LogP contribution in [-0.2, 0) is 14.3 Å². The number of rotatable bonds is 71. The van der Waals surface area contributed by atoms with Crippen LogP contribution in [-0.4, -0.2) is 47.4 Å². The Labute approximate surface area is 519 Å². The van der Waals surface area contributed by atoms with E-state index in [1.54, 1.807) is 6.08 Å². The van der Waals surface area contributed by atoms with Gasteiger partial charge in [0.15, 0.2) is 0 Å². The van der Waals surface area contributed by atoms with Crippen LogP contribution in [0.15, 0.2) is 36.5 Å². The standard InChI is InChI=1S/C77H147NO5/c1-3-5-7-9-11-13-15-17-19-21-23-24-25-26-27-30-34-37-41-45-49-53-57-61-65-69-75(80)74(73-79)78-76(81)70-66-62-58-54-50-46-42-38-35-31-28-29-32-36-40-44-48-52-56-60-64-68-72-83-77(82)71-67-63-59-55-51-47-43-39-33-22-20-18-16-14-12-10-8-6-4-2/h12,14,18,20,65,69,74-75,79-80H,3-11,13,15-17,19,21-64,66-68,70-73H2,1-2H3,(H,78,81)/b14-12-,20-18-,69-65+. The summed E-state index contributed by atoms with van der Waals surface area (Å²) in [5.74, 6) is -0.0537. The molecule has 0 aromatic rings. The van der Waals surface area contributed by atoms with E-state index in [2.05, 4.69) is 43.5 Å². The van der Waals surface area contributed by atoms with Gasteiger partial charge in [0.05, 0.1) is 25.4 Å². The van der Waals surface area contributed by atoms with Crippen molar-refractivity contribution in [2.75, 3.05) is 13.2 Å². The van der Waals surface area contributed by atoms with Gasteiger partial charge < -0.3 is 20.3 Å². The lowest BCUT2D eigenvalue weighted by Gasteiger charge is -2.20. The van der Waals surface area contributed by atoms with Gasteiger partial charge in [0.2, 0.25) is 5.91 Å². The van der Waals surface area contributed by atoms with Crippen LogP contribution in [0.3, 0.4) is 0 Å². The van der Waals surface area contributed by atoms with E-state index in [-0.39, 0.29) is 18.5 Å². The summed E-state index contributed by atoms with van der Waals surface area (Å²) in [4.78, 5) is 24.7. The molecule has 3 N–H and O–H groups in total. The quantitative estimate of drug-likeness (QED) is 0.0320. The third-order valence-corrected chi connectivity index (χ3v) is 17.7. The molecule has 0 heterocycles. The van der Waals surface area contributed by atoms with Gasteiger partial charge >= 0.3 is 5.97 Å². The predicted octanol–water partition coefficient (Wildman–Crippen LogP) is 24.7. The number of aliphatic hydroxyl groups excluding tert-OH is 2. The Morgan fingerprint density at radius 1 is 0.337 bits per heavy atom. The van der Waals surface area contributed by atoms with Crippen molar-refractivity contribution in [1.82, 2.24) is 5.32 Å². The Morgan fingerprint density at radius 2 is 0.602 bits per heavy atom. The summed E-state index contributed by atoms with van der Waals surface area (Å²) in [5, 5.41) is 23.3. The maximum Gasteiger partial charge on any atom is 0.305 e. The van der Waals surface area contributed by atoms with E-state index < -0.39 is 12.1 Å². The number of carbonyl (C=O) groups excluding carboxylic acids is 2. The summed E-state index contributed by atoms with van der Waals surface area (Å²) < 4.78 is 5.51. The van der Waals surface area contributed by atoms with Gasteiger partial charge in [-0.3, -0.25) is 9.59 Å². The topological polar surface area (TPSA) is 95.9 Å². The van der Waals surface area contributed by atoms with Gasteiger partial charge in [-0.05, 0) is 64.2 Å². The molecule has 0 radical (unpaired) electrons. The van der Waals surface area contributed by atoms with Crippen molar-refractivity contribution in [3.63, 3.8) is 0 Å². The number of hydrogen-bond acceptors (Lipinski definition) is 5. The lowest BCUT2D eigenvalue weighted by molar-refractivity contribution is -0.143. The summed E-state index contributed by atoms with van der Waals surface area (Å²) in [5.41, 5.74) is 0. The van der Waals surface area contributed by atoms with Gasteiger partial charge in [-0.1, -0.05) is 378 Å². The molecule has 0 rings (SSSR count). The van der Waals surface area contributed by atoms with Gasteiger partial charge in [0.25, 0.3) is 0 Å². The van der Waals surface area contributed by atoms with Crippen molar-refractivity contribution in [3.8, 4) is 0 Å². The zero-order chi connectivity index (χ0) is 59.9. The molecule has 0 aromatic carbocycles. The van der Waals surface area contributed by atoms with Crippen molar-refractivity contribution >= 4 is 11.9 Å². The molecule has 490 valence electrons. The zero-order valence-corrected chi connectivity index (χ0v) is 56.2. The van der Waals surface area contributed by atoms with E-state index in [4.69, 9.17) is 4.74 Å². The highest BCUT2D eigenvalue weighted by Gasteiger charge is 2.18. The number of aliphatic hydroxyl groups is 2. The van der Waals surface area contributed by atoms with Crippen molar-refractivity contribution in [1.29, 1.82) is 0 Å². The highest BCUT2D eigenvalue weighted by Crippen LogP contribution is 2.19. The van der Waals surface area contributed by atoms with Crippen LogP contribution in [0.5, 0.6) is 0 Å². The maximum absolute atomic E-state index is 12.5. The molecular weight excluding hydrogens is 1020 g/mol. The van der Waals surface area contributed by atoms with E-state index >= 15 is 0 Å². The number of esters is 1. The van der Waals surface area contributed by atoms with Crippen molar-refractivity contribution in [2.45, 2.75) is 431 Å². The summed E-state index contributed by atoms with van der Waals surface area (Å²) >= 11 is 0. The fourth-order valence-corrected chi connectivity index (χ4v) is 11.9. The lowest BCUT2D eigenvalue weighted by atomic mass is 10.0. The average Bonchev–Trinajstić information content (AvgIpc) is 3.49. The van der Waals surface area contributed by atoms with E-state index in [0.29, 0.717) is 19.4 Å². The van der Waals surface area contributed by atoms with Gasteiger partial charge in [-0.2, -0.15) is 0 Å². The summed E-state index contributed by atoms with van der Waals surface area (Å²) in [6.45, 7) is 4.92. The zero-order valence-electron chi connectivity index (χ0n) is 56.2. The number of ether oxygens (including phenoxy) is 1. The normalized spacial score (nSPS) is 12.7. The molecule has 0 fully saturated rings. The minimum Gasteiger partial charge on any atom is -0.466 e. The fraction of sp³-hybridized carbons (Fsp3) is 0.896. The Kier molecular flexibility index (Phi) is 70.9. The second-order valence-electron chi connectivity index (χ2n) is 26.0. The molecule has 0 aliphatic carbocycles. The first-order valence-electron chi connectivity index (χ1n) is 37.8. The molecular formula is C77H147NO5. The summed E-state index contributed by atoms with van der Waals surface area (Å²) in [7, 11) is 0. The Hall–Kier alpha value is -1.92. The Morgan fingerprint density at radius 3 is 0.940 bits per heavy atom. The molecule has 2 unspecified atom stereocenters. The third-order valence-electron chi connectivity index (χ3n) is 17.7. The van der Waals surface area contributed by atoms with E-state index in [9.17, 15) is 19.8 Å². The van der Waals surface area contributed by atoms with Crippen LogP contribution in [0.25, 0.3) is 0 Å². The van der Waals surface area contributed by atoms with Crippen LogP contribution < -0.4 is 5.32 Å². The lowest BCUT2D eigenvalue weighted by Crippen LogP contribution is -2.45. The largest absolute Gasteiger partial charge is 0.466 e. The highest BCUT2D eigenvalue weighted by molar-refractivity contribution is 5.76. The molecule has 0 aliphatic rings. The predicted molar refractivity (Wildman–Crippen MR) is 366 cm³/mol. The number of nitrogens with one attached hydrogen (secondary N) is 1. The summed E-state index contributed by atoms with van der Waals surface area (Å²) in [6, 6.07) is -0.630. The first-order valence-corrected chi connectivity index (χ1v) is 37.8. The highest BCUT2D eigenvalue weighted by atomic mass is 16.5. The third kappa shape index (κ3) is 69.1. The molecule has 2 atom stereocenters. The van der Waals surface area contributed by atoms with Crippen molar-refractivity contribution < 1.29 is 24.5 Å². The smallest absolute Gasteiger partial charge is 0.305 e. The van der Waals surface area contributed by atoms with Gasteiger partial charge in [0.1, 0.15) is 0 Å². The van der Waals surface area contributed by atoms with Crippen LogP contribution in [0, 0.1) is 0 Å². The SMILES string of the molecule is CCCCC/C=C\C/C=C\CCCCCCCCCCCC(=O)OCCCCCCCCCCCCCCCCCCCCCCCCC(=O)NC(CO)C(O)/C=C/CCCCCCCCCCCCCCCCCCCCCCCCC. The Bertz CT molecular complexity index is 1340. The fourth-order valence-electron chi connectivity index (χ4n) is 11.9. The minimum atomic E-state index is -0.847. The molecule has 0 aliphatic heterocycles. The molecule has 0 aromatic heterocycles. The molecule has 0 spiro atoms. The van der Waals surface area contributed by atoms with Gasteiger partial charge in [0, 0.05) is 12.8 Å². The summed E-state index contributed by atoms with van der Waals surface area (Å²) in [6.07, 6.45) is 93.8. The van der Waals surface area contributed by atoms with E-state index in [0.717, 1.165) is 51.4 Å². The Balaban J connectivity index is 3.40. The number of unbranched alkanes of at least 4 members (excludes halogenated alkanes) is 56. The molecule has 0 saturated carbocycles. The molecule has 6 nitrogen and oxygen atoms in total. The van der Waals surface area contributed by atoms with Gasteiger partial charge in [-0.15, -0.1) is 0 Å². The number of carbonyl (C=O) groups is 2. The van der Waals surface area contributed by atoms with E-state index in [1.165, 1.54) is 340 Å². The molecule has 0 bridgehead atoms. The van der Waals surface area contributed by atoms with Crippen LogP contribution >= 0.6 is 0 Å². The maximum atomic E-state index is 12.5. The second kappa shape index (κ2) is 72.6. The minimum absolute atomic E-state index is 0.00986. The molecule has 0 saturated heterocycles. The van der Waals surface area contributed by atoms with Crippen molar-refractivity contribution in [2.24, 2.45) is 0 Å². The number of allylic oxidation sites excluding steroid dienone is 5. The number of amides is 1. The first-order chi connectivity index (χ1) is 41.0. The van der Waals surface area contributed by atoms with Crippen LogP contribution in [0.1, 0.15) is 418 Å². The van der Waals surface area contributed by atoms with Crippen molar-refractivity contribution in [3.05, 3.63) is 36.5 Å². The van der Waals surface area contributed by atoms with Crippen LogP contribution in [0.4, 0.5) is 0 Å². The molecule has 1 amide bonds. The first kappa shape index (κ1) is 81.1. The number of hydrogen-bond donors (Lipinski definition) is 3. The van der Waals surface area contributed by atoms with Crippen LogP contribution in [0.2, 0.25) is 0 Å². The second-order valence-corrected chi connectivity index (χ2v) is 26.0. The van der Waals surface area contributed by atoms with Gasteiger partial charge in [-0.25, -0.2) is 0 Å². The monoisotopic (exact) mass is 1170 g/mol. The molecule has 6 heteroatoms. The van der Waals surface area contributed by atoms with E-state index in [1.807, 2.05) is 6.08 Å². The molecule has 83 heavy (non-hydrogen) atoms.